The predicted octanol–water partition coefficient (Wildman–Crippen LogP) is 4.33. The van der Waals surface area contributed by atoms with Crippen molar-refractivity contribution in [3.05, 3.63) is 70.8 Å². The van der Waals surface area contributed by atoms with Gasteiger partial charge in [0.2, 0.25) is 0 Å². The van der Waals surface area contributed by atoms with Crippen molar-refractivity contribution in [2.24, 2.45) is 7.05 Å². The number of ether oxygens (including phenoxy) is 2. The van der Waals surface area contributed by atoms with Gasteiger partial charge in [0.15, 0.2) is 0 Å². The van der Waals surface area contributed by atoms with Crippen LogP contribution in [0.5, 0.6) is 11.5 Å². The average Bonchev–Trinajstić information content (AvgIpc) is 3.17. The molecule has 0 saturated heterocycles. The number of carbonyl (C=O) groups excluding carboxylic acids is 1. The molecule has 1 atom stereocenters. The van der Waals surface area contributed by atoms with E-state index in [0.29, 0.717) is 27.9 Å². The molecule has 3 rings (SSSR count). The molecule has 1 heterocycles. The van der Waals surface area contributed by atoms with E-state index in [1.807, 2.05) is 42.3 Å². The summed E-state index contributed by atoms with van der Waals surface area (Å²) in [6.45, 7) is 0. The lowest BCUT2D eigenvalue weighted by molar-refractivity contribution is 0.0941. The van der Waals surface area contributed by atoms with Gasteiger partial charge in [0.25, 0.3) is 5.91 Å². The van der Waals surface area contributed by atoms with Crippen molar-refractivity contribution in [3.63, 3.8) is 0 Å². The topological polar surface area (TPSA) is 65.4 Å². The molecule has 1 unspecified atom stereocenters. The van der Waals surface area contributed by atoms with Crippen molar-refractivity contribution < 1.29 is 14.3 Å². The number of amides is 1. The van der Waals surface area contributed by atoms with Gasteiger partial charge in [-0.3, -0.25) is 4.79 Å². The van der Waals surface area contributed by atoms with Gasteiger partial charge in [-0.05, 0) is 42.2 Å². The Hall–Kier alpha value is -2.64. The highest BCUT2D eigenvalue weighted by atomic mass is 35.5. The molecule has 6 nitrogen and oxygen atoms in total. The zero-order valence-corrected chi connectivity index (χ0v) is 18.2. The molecule has 152 valence electrons. The molecule has 0 spiro atoms. The van der Waals surface area contributed by atoms with Gasteiger partial charge in [0.1, 0.15) is 23.4 Å². The Labute approximate surface area is 179 Å². The summed E-state index contributed by atoms with van der Waals surface area (Å²) in [6.07, 6.45) is 5.46. The van der Waals surface area contributed by atoms with Crippen molar-refractivity contribution in [2.75, 3.05) is 20.5 Å². The Bertz CT molecular complexity index is 1000. The van der Waals surface area contributed by atoms with Crippen molar-refractivity contribution >= 4 is 29.3 Å². The largest absolute Gasteiger partial charge is 0.497 e. The zero-order valence-electron chi connectivity index (χ0n) is 16.6. The third-order valence-corrected chi connectivity index (χ3v) is 5.57. The lowest BCUT2D eigenvalue weighted by Gasteiger charge is -2.21. The number of hydrogen-bond acceptors (Lipinski definition) is 5. The number of imidazole rings is 1. The molecule has 2 aromatic carbocycles. The van der Waals surface area contributed by atoms with Gasteiger partial charge in [-0.2, -0.15) is 0 Å². The van der Waals surface area contributed by atoms with E-state index >= 15 is 0 Å². The summed E-state index contributed by atoms with van der Waals surface area (Å²) in [7, 11) is 5.04. The van der Waals surface area contributed by atoms with Crippen molar-refractivity contribution in [3.8, 4) is 11.5 Å². The standard InChI is InChI=1S/C21H22ClN3O3S/c1-25-8-7-23-20(25)19(13-9-14(27-2)11-15(10-13)28-3)24-21(26)17-12-16(29-4)5-6-18(17)22/h5-12,19H,1-4H3,(H,24,26). The highest BCUT2D eigenvalue weighted by Crippen LogP contribution is 2.30. The van der Waals surface area contributed by atoms with Gasteiger partial charge in [-0.25, -0.2) is 4.98 Å². The van der Waals surface area contributed by atoms with Crippen LogP contribution in [0.1, 0.15) is 27.8 Å². The molecule has 0 fully saturated rings. The minimum atomic E-state index is -0.527. The molecule has 0 aliphatic carbocycles. The second-order valence-corrected chi connectivity index (χ2v) is 7.58. The minimum absolute atomic E-state index is 0.291. The molecule has 0 aliphatic rings. The number of nitrogens with zero attached hydrogens (tertiary/aromatic N) is 2. The van der Waals surface area contributed by atoms with Crippen LogP contribution in [0.25, 0.3) is 0 Å². The first-order valence-corrected chi connectivity index (χ1v) is 10.4. The maximum atomic E-state index is 13.1. The molecule has 3 aromatic rings. The number of thioether (sulfide) groups is 1. The van der Waals surface area contributed by atoms with Crippen LogP contribution in [-0.4, -0.2) is 35.9 Å². The molecule has 0 saturated carbocycles. The first-order chi connectivity index (χ1) is 14.0. The number of nitrogens with one attached hydrogen (secondary N) is 1. The van der Waals surface area contributed by atoms with E-state index in [0.717, 1.165) is 10.5 Å². The fourth-order valence-corrected chi connectivity index (χ4v) is 3.61. The molecule has 0 radical (unpaired) electrons. The lowest BCUT2D eigenvalue weighted by Crippen LogP contribution is -2.31. The van der Waals surface area contributed by atoms with Gasteiger partial charge in [-0.15, -0.1) is 11.8 Å². The fraction of sp³-hybridized carbons (Fsp3) is 0.238. The summed E-state index contributed by atoms with van der Waals surface area (Å²) in [6, 6.07) is 10.3. The van der Waals surface area contributed by atoms with E-state index in [2.05, 4.69) is 10.3 Å². The summed E-state index contributed by atoms with van der Waals surface area (Å²) < 4.78 is 12.6. The number of hydrogen-bond donors (Lipinski definition) is 1. The van der Waals surface area contributed by atoms with E-state index in [9.17, 15) is 4.79 Å². The van der Waals surface area contributed by atoms with E-state index < -0.39 is 6.04 Å². The quantitative estimate of drug-likeness (QED) is 0.564. The second-order valence-electron chi connectivity index (χ2n) is 6.29. The van der Waals surface area contributed by atoms with Gasteiger partial charge >= 0.3 is 0 Å². The van der Waals surface area contributed by atoms with Gasteiger partial charge in [-0.1, -0.05) is 11.6 Å². The monoisotopic (exact) mass is 431 g/mol. The van der Waals surface area contributed by atoms with Crippen LogP contribution in [-0.2, 0) is 7.05 Å². The first-order valence-electron chi connectivity index (χ1n) is 8.81. The van der Waals surface area contributed by atoms with Crippen LogP contribution in [0.2, 0.25) is 5.02 Å². The highest BCUT2D eigenvalue weighted by Gasteiger charge is 2.24. The molecule has 0 bridgehead atoms. The van der Waals surface area contributed by atoms with E-state index in [1.165, 1.54) is 0 Å². The molecule has 29 heavy (non-hydrogen) atoms. The Morgan fingerprint density at radius 1 is 1.17 bits per heavy atom. The van der Waals surface area contributed by atoms with Crippen LogP contribution < -0.4 is 14.8 Å². The fourth-order valence-electron chi connectivity index (χ4n) is 2.96. The normalized spacial score (nSPS) is 11.8. The van der Waals surface area contributed by atoms with Gasteiger partial charge < -0.3 is 19.4 Å². The highest BCUT2D eigenvalue weighted by molar-refractivity contribution is 7.98. The number of rotatable bonds is 7. The van der Waals surface area contributed by atoms with Crippen molar-refractivity contribution in [1.29, 1.82) is 0 Å². The molecular weight excluding hydrogens is 410 g/mol. The SMILES string of the molecule is COc1cc(OC)cc(C(NC(=O)c2cc(SC)ccc2Cl)c2nccn2C)c1. The zero-order chi connectivity index (χ0) is 21.0. The Morgan fingerprint density at radius 3 is 2.41 bits per heavy atom. The number of halogens is 1. The summed E-state index contributed by atoms with van der Waals surface area (Å²) >= 11 is 7.84. The third kappa shape index (κ3) is 4.68. The predicted molar refractivity (Wildman–Crippen MR) is 115 cm³/mol. The summed E-state index contributed by atoms with van der Waals surface area (Å²) in [5, 5.41) is 3.45. The Morgan fingerprint density at radius 2 is 1.86 bits per heavy atom. The molecular formula is C21H22ClN3O3S. The number of aromatic nitrogens is 2. The molecule has 8 heteroatoms. The Kier molecular flexibility index (Phi) is 6.71. The van der Waals surface area contributed by atoms with Crippen molar-refractivity contribution in [2.45, 2.75) is 10.9 Å². The van der Waals surface area contributed by atoms with E-state index in [4.69, 9.17) is 21.1 Å². The lowest BCUT2D eigenvalue weighted by atomic mass is 10.0. The Balaban J connectivity index is 2.04. The number of methoxy groups -OCH3 is 2. The number of benzene rings is 2. The third-order valence-electron chi connectivity index (χ3n) is 4.52. The smallest absolute Gasteiger partial charge is 0.253 e. The van der Waals surface area contributed by atoms with Crippen LogP contribution in [0.3, 0.4) is 0 Å². The summed E-state index contributed by atoms with van der Waals surface area (Å²) in [4.78, 5) is 18.5. The maximum absolute atomic E-state index is 13.1. The van der Waals surface area contributed by atoms with Crippen LogP contribution in [0.15, 0.2) is 53.7 Å². The molecule has 1 N–H and O–H groups in total. The van der Waals surface area contributed by atoms with E-state index in [1.54, 1.807) is 50.4 Å². The number of aryl methyl sites for hydroxylation is 1. The minimum Gasteiger partial charge on any atom is -0.497 e. The van der Waals surface area contributed by atoms with Gasteiger partial charge in [0, 0.05) is 30.4 Å². The summed E-state index contributed by atoms with van der Waals surface area (Å²) in [5.41, 5.74) is 1.19. The molecule has 1 aromatic heterocycles. The number of carbonyl (C=O) groups is 1. The van der Waals surface area contributed by atoms with Crippen LogP contribution >= 0.6 is 23.4 Å². The molecule has 0 aliphatic heterocycles. The maximum Gasteiger partial charge on any atom is 0.253 e. The van der Waals surface area contributed by atoms with Gasteiger partial charge in [0.05, 0.1) is 24.8 Å². The van der Waals surface area contributed by atoms with Crippen LogP contribution in [0.4, 0.5) is 0 Å². The second kappa shape index (κ2) is 9.24. The first kappa shape index (κ1) is 21.1. The summed E-state index contributed by atoms with van der Waals surface area (Å²) in [5.74, 6) is 1.62. The van der Waals surface area contributed by atoms with Crippen molar-refractivity contribution in [1.82, 2.24) is 14.9 Å². The van der Waals surface area contributed by atoms with E-state index in [-0.39, 0.29) is 5.91 Å². The van der Waals surface area contributed by atoms with Crippen LogP contribution in [0, 0.1) is 0 Å². The average molecular weight is 432 g/mol. The molecule has 1 amide bonds.